The van der Waals surface area contributed by atoms with Crippen molar-refractivity contribution in [1.29, 1.82) is 0 Å². The van der Waals surface area contributed by atoms with E-state index >= 15 is 4.39 Å². The Bertz CT molecular complexity index is 806. The van der Waals surface area contributed by atoms with Gasteiger partial charge in [-0.15, -0.1) is 0 Å². The summed E-state index contributed by atoms with van der Waals surface area (Å²) >= 11 is 0. The predicted octanol–water partition coefficient (Wildman–Crippen LogP) is 5.88. The highest BCUT2D eigenvalue weighted by atomic mass is 19.1. The van der Waals surface area contributed by atoms with Gasteiger partial charge >= 0.3 is 5.97 Å². The fourth-order valence-corrected chi connectivity index (χ4v) is 3.56. The maximum atomic E-state index is 15.3. The molecule has 0 radical (unpaired) electrons. The molecule has 1 saturated carbocycles. The molecule has 0 unspecified atom stereocenters. The van der Waals surface area contributed by atoms with Crippen molar-refractivity contribution in [3.05, 3.63) is 65.5 Å². The minimum Gasteiger partial charge on any atom is -0.486 e. The molecule has 0 amide bonds. The molecule has 150 valence electrons. The average molecular weight is 384 g/mol. The van der Waals surface area contributed by atoms with Crippen LogP contribution < -0.4 is 4.74 Å². The molecule has 0 bridgehead atoms. The molecule has 0 saturated heterocycles. The van der Waals surface area contributed by atoms with Crippen LogP contribution in [0.3, 0.4) is 0 Å². The van der Waals surface area contributed by atoms with Gasteiger partial charge in [-0.1, -0.05) is 49.4 Å². The van der Waals surface area contributed by atoms with E-state index in [1.54, 1.807) is 18.2 Å². The van der Waals surface area contributed by atoms with Crippen LogP contribution >= 0.6 is 0 Å². The van der Waals surface area contributed by atoms with E-state index in [1.165, 1.54) is 0 Å². The Kier molecular flexibility index (Phi) is 6.07. The SMILES string of the molecule is C[C@H](C(=O)OC(C)(C)C)[C@H](c1cccc(OCc2ccccc2)c1F)C1CC1. The lowest BCUT2D eigenvalue weighted by Gasteiger charge is -2.28. The van der Waals surface area contributed by atoms with E-state index in [1.807, 2.05) is 58.0 Å². The zero-order valence-electron chi connectivity index (χ0n) is 17.1. The highest BCUT2D eigenvalue weighted by Gasteiger charge is 2.41. The third-order valence-electron chi connectivity index (χ3n) is 5.04. The molecule has 2 aromatic carbocycles. The van der Waals surface area contributed by atoms with Crippen molar-refractivity contribution in [1.82, 2.24) is 0 Å². The van der Waals surface area contributed by atoms with Gasteiger partial charge in [-0.05, 0) is 56.7 Å². The number of ether oxygens (including phenoxy) is 2. The van der Waals surface area contributed by atoms with E-state index < -0.39 is 11.5 Å². The first-order chi connectivity index (χ1) is 13.3. The van der Waals surface area contributed by atoms with E-state index in [0.29, 0.717) is 18.1 Å². The van der Waals surface area contributed by atoms with Crippen LogP contribution in [0.1, 0.15) is 57.6 Å². The van der Waals surface area contributed by atoms with Gasteiger partial charge < -0.3 is 9.47 Å². The van der Waals surface area contributed by atoms with Gasteiger partial charge in [-0.2, -0.15) is 0 Å². The topological polar surface area (TPSA) is 35.5 Å². The normalized spacial score (nSPS) is 16.3. The Morgan fingerprint density at radius 2 is 1.79 bits per heavy atom. The Morgan fingerprint density at radius 3 is 2.39 bits per heavy atom. The molecule has 3 nitrogen and oxygen atoms in total. The molecule has 0 aliphatic heterocycles. The van der Waals surface area contributed by atoms with Crippen molar-refractivity contribution < 1.29 is 18.7 Å². The smallest absolute Gasteiger partial charge is 0.309 e. The third-order valence-corrected chi connectivity index (χ3v) is 5.04. The van der Waals surface area contributed by atoms with E-state index in [4.69, 9.17) is 9.47 Å². The monoisotopic (exact) mass is 384 g/mol. The Hall–Kier alpha value is -2.36. The van der Waals surface area contributed by atoms with Crippen molar-refractivity contribution in [2.45, 2.75) is 58.7 Å². The number of carbonyl (C=O) groups excluding carboxylic acids is 1. The quantitative estimate of drug-likeness (QED) is 0.560. The highest BCUT2D eigenvalue weighted by molar-refractivity contribution is 5.74. The Balaban J connectivity index is 1.80. The number of hydrogen-bond acceptors (Lipinski definition) is 3. The second-order valence-electron chi connectivity index (χ2n) is 8.62. The van der Waals surface area contributed by atoms with E-state index in [-0.39, 0.29) is 23.5 Å². The summed E-state index contributed by atoms with van der Waals surface area (Å²) in [7, 11) is 0. The second-order valence-corrected chi connectivity index (χ2v) is 8.62. The first-order valence-corrected chi connectivity index (χ1v) is 9.94. The zero-order chi connectivity index (χ0) is 20.3. The molecule has 1 fully saturated rings. The summed E-state index contributed by atoms with van der Waals surface area (Å²) in [6, 6.07) is 14.9. The van der Waals surface area contributed by atoms with Crippen LogP contribution in [0.4, 0.5) is 4.39 Å². The zero-order valence-corrected chi connectivity index (χ0v) is 17.1. The molecule has 4 heteroatoms. The van der Waals surface area contributed by atoms with Gasteiger partial charge in [0, 0.05) is 5.92 Å². The van der Waals surface area contributed by atoms with Gasteiger partial charge in [0.1, 0.15) is 12.2 Å². The number of rotatable bonds is 7. The predicted molar refractivity (Wildman–Crippen MR) is 108 cm³/mol. The van der Waals surface area contributed by atoms with E-state index in [9.17, 15) is 4.79 Å². The molecule has 2 atom stereocenters. The summed E-state index contributed by atoms with van der Waals surface area (Å²) in [5.41, 5.74) is 0.970. The van der Waals surface area contributed by atoms with Crippen molar-refractivity contribution in [2.24, 2.45) is 11.8 Å². The molecular weight excluding hydrogens is 355 g/mol. The molecule has 1 aliphatic carbocycles. The average Bonchev–Trinajstić information content (AvgIpc) is 3.46. The van der Waals surface area contributed by atoms with E-state index in [0.717, 1.165) is 18.4 Å². The standard InChI is InChI=1S/C24H29FO3/c1-16(23(26)28-24(2,3)4)21(18-13-14-18)19-11-8-12-20(22(19)25)27-15-17-9-6-5-7-10-17/h5-12,16,18,21H,13-15H2,1-4H3/t16-,21-/m0/s1. The van der Waals surface area contributed by atoms with Gasteiger partial charge in [0.05, 0.1) is 5.92 Å². The van der Waals surface area contributed by atoms with Crippen LogP contribution in [0.5, 0.6) is 5.75 Å². The minimum atomic E-state index is -0.557. The van der Waals surface area contributed by atoms with Gasteiger partial charge in [0.15, 0.2) is 11.6 Å². The second kappa shape index (κ2) is 8.34. The molecular formula is C24H29FO3. The van der Waals surface area contributed by atoms with Crippen LogP contribution in [0, 0.1) is 17.7 Å². The number of esters is 1. The number of benzene rings is 2. The molecule has 3 rings (SSSR count). The third kappa shape index (κ3) is 5.12. The summed E-state index contributed by atoms with van der Waals surface area (Å²) in [5.74, 6) is -0.726. The lowest BCUT2D eigenvalue weighted by Crippen LogP contribution is -2.31. The molecule has 0 heterocycles. The molecule has 2 aromatic rings. The molecule has 0 aromatic heterocycles. The lowest BCUT2D eigenvalue weighted by atomic mass is 9.82. The fraction of sp³-hybridized carbons (Fsp3) is 0.458. The van der Waals surface area contributed by atoms with Crippen molar-refractivity contribution in [3.63, 3.8) is 0 Å². The van der Waals surface area contributed by atoms with Crippen LogP contribution in [-0.2, 0) is 16.1 Å². The lowest BCUT2D eigenvalue weighted by molar-refractivity contribution is -0.160. The summed E-state index contributed by atoms with van der Waals surface area (Å²) in [5, 5.41) is 0. The van der Waals surface area contributed by atoms with Gasteiger partial charge in [-0.3, -0.25) is 4.79 Å². The molecule has 0 spiro atoms. The largest absolute Gasteiger partial charge is 0.486 e. The van der Waals surface area contributed by atoms with Crippen LogP contribution in [0.25, 0.3) is 0 Å². The van der Waals surface area contributed by atoms with Crippen molar-refractivity contribution in [2.75, 3.05) is 0 Å². The number of carbonyl (C=O) groups is 1. The van der Waals surface area contributed by atoms with Crippen molar-refractivity contribution in [3.8, 4) is 5.75 Å². The van der Waals surface area contributed by atoms with Crippen molar-refractivity contribution >= 4 is 5.97 Å². The Morgan fingerprint density at radius 1 is 1.11 bits per heavy atom. The number of hydrogen-bond donors (Lipinski definition) is 0. The van der Waals surface area contributed by atoms with Gasteiger partial charge in [0.2, 0.25) is 0 Å². The first kappa shape index (κ1) is 20.4. The summed E-state index contributed by atoms with van der Waals surface area (Å²) in [6.07, 6.45) is 2.01. The minimum absolute atomic E-state index is 0.199. The van der Waals surface area contributed by atoms with Crippen LogP contribution in [0.15, 0.2) is 48.5 Å². The maximum absolute atomic E-state index is 15.3. The van der Waals surface area contributed by atoms with Crippen LogP contribution in [-0.4, -0.2) is 11.6 Å². The summed E-state index contributed by atoms with van der Waals surface area (Å²) < 4.78 is 26.6. The maximum Gasteiger partial charge on any atom is 0.309 e. The van der Waals surface area contributed by atoms with E-state index in [2.05, 4.69) is 0 Å². The fourth-order valence-electron chi connectivity index (χ4n) is 3.56. The van der Waals surface area contributed by atoms with Gasteiger partial charge in [0.25, 0.3) is 0 Å². The van der Waals surface area contributed by atoms with Gasteiger partial charge in [-0.25, -0.2) is 4.39 Å². The Labute approximate surface area is 166 Å². The molecule has 28 heavy (non-hydrogen) atoms. The summed E-state index contributed by atoms with van der Waals surface area (Å²) in [6.45, 7) is 7.69. The first-order valence-electron chi connectivity index (χ1n) is 9.94. The summed E-state index contributed by atoms with van der Waals surface area (Å²) in [4.78, 5) is 12.6. The molecule has 1 aliphatic rings. The van der Waals surface area contributed by atoms with Crippen LogP contribution in [0.2, 0.25) is 0 Å². The number of halogens is 1. The highest BCUT2D eigenvalue weighted by Crippen LogP contribution is 2.48. The molecule has 0 N–H and O–H groups in total.